The van der Waals surface area contributed by atoms with Crippen LogP contribution in [-0.2, 0) is 4.74 Å². The molecule has 0 aromatic heterocycles. The number of hydrogen-bond acceptors (Lipinski definition) is 2. The molecular weight excluding hydrogens is 186 g/mol. The van der Waals surface area contributed by atoms with Gasteiger partial charge in [0.2, 0.25) is 0 Å². The average molecular weight is 215 g/mol. The second-order valence-electron chi connectivity index (χ2n) is 4.13. The number of nitrogens with one attached hydrogen (secondary N) is 1. The van der Waals surface area contributed by atoms with Crippen LogP contribution < -0.4 is 5.32 Å². The van der Waals surface area contributed by atoms with Crippen LogP contribution in [0.25, 0.3) is 0 Å². The smallest absolute Gasteiger partial charge is 0.0590 e. The fourth-order valence-corrected chi connectivity index (χ4v) is 1.47. The Balaban J connectivity index is 2.81. The molecule has 15 heavy (non-hydrogen) atoms. The summed E-state index contributed by atoms with van der Waals surface area (Å²) in [6.45, 7) is 8.41. The van der Waals surface area contributed by atoms with E-state index in [-0.39, 0.29) is 0 Å². The van der Waals surface area contributed by atoms with Crippen molar-refractivity contribution in [3.05, 3.63) is 0 Å². The molecule has 0 saturated carbocycles. The van der Waals surface area contributed by atoms with Gasteiger partial charge in [0, 0.05) is 13.2 Å². The lowest BCUT2D eigenvalue weighted by molar-refractivity contribution is 0.133. The van der Waals surface area contributed by atoms with Gasteiger partial charge in [-0.3, -0.25) is 0 Å². The topological polar surface area (TPSA) is 21.3 Å². The summed E-state index contributed by atoms with van der Waals surface area (Å²) in [6.07, 6.45) is 9.22. The zero-order valence-electron chi connectivity index (χ0n) is 10.7. The molecule has 0 spiro atoms. The zero-order valence-corrected chi connectivity index (χ0v) is 10.7. The van der Waals surface area contributed by atoms with Gasteiger partial charge < -0.3 is 10.1 Å². The monoisotopic (exact) mass is 215 g/mol. The molecule has 0 amide bonds. The first kappa shape index (κ1) is 14.9. The van der Waals surface area contributed by atoms with Gasteiger partial charge in [0.15, 0.2) is 0 Å². The first-order valence-corrected chi connectivity index (χ1v) is 6.70. The van der Waals surface area contributed by atoms with Crippen LogP contribution in [-0.4, -0.2) is 26.3 Å². The maximum atomic E-state index is 5.46. The number of unbranched alkanes of at least 4 members (excludes halogenated alkanes) is 5. The molecule has 0 unspecified atom stereocenters. The van der Waals surface area contributed by atoms with Crippen molar-refractivity contribution in [2.45, 2.75) is 58.8 Å². The second kappa shape index (κ2) is 13.9. The predicted octanol–water partition coefficient (Wildman–Crippen LogP) is 3.36. The minimum Gasteiger partial charge on any atom is -0.380 e. The lowest BCUT2D eigenvalue weighted by Gasteiger charge is -2.05. The molecule has 0 bridgehead atoms. The van der Waals surface area contributed by atoms with E-state index >= 15 is 0 Å². The van der Waals surface area contributed by atoms with Crippen LogP contribution in [0, 0.1) is 0 Å². The third-order valence-electron chi connectivity index (χ3n) is 2.52. The van der Waals surface area contributed by atoms with E-state index in [0.717, 1.165) is 26.3 Å². The quantitative estimate of drug-likeness (QED) is 0.504. The van der Waals surface area contributed by atoms with E-state index in [1.807, 2.05) is 0 Å². The predicted molar refractivity (Wildman–Crippen MR) is 67.4 cm³/mol. The summed E-state index contributed by atoms with van der Waals surface area (Å²) in [4.78, 5) is 0. The highest BCUT2D eigenvalue weighted by molar-refractivity contribution is 4.48. The van der Waals surface area contributed by atoms with Crippen LogP contribution in [0.3, 0.4) is 0 Å². The minimum absolute atomic E-state index is 0.870. The molecule has 92 valence electrons. The molecule has 0 aliphatic rings. The SMILES string of the molecule is CCCCCCCNCCOCCCC. The Morgan fingerprint density at radius 3 is 2.20 bits per heavy atom. The maximum Gasteiger partial charge on any atom is 0.0590 e. The lowest BCUT2D eigenvalue weighted by atomic mass is 10.1. The Bertz CT molecular complexity index is 94.7. The van der Waals surface area contributed by atoms with Gasteiger partial charge in [-0.25, -0.2) is 0 Å². The van der Waals surface area contributed by atoms with E-state index in [1.165, 1.54) is 44.9 Å². The second-order valence-corrected chi connectivity index (χ2v) is 4.13. The van der Waals surface area contributed by atoms with Gasteiger partial charge in [-0.15, -0.1) is 0 Å². The zero-order chi connectivity index (χ0) is 11.2. The maximum absolute atomic E-state index is 5.46. The summed E-state index contributed by atoms with van der Waals surface area (Å²) in [5, 5.41) is 3.41. The van der Waals surface area contributed by atoms with E-state index in [2.05, 4.69) is 19.2 Å². The van der Waals surface area contributed by atoms with Gasteiger partial charge in [0.05, 0.1) is 6.61 Å². The molecule has 0 aromatic rings. The van der Waals surface area contributed by atoms with Crippen molar-refractivity contribution in [3.63, 3.8) is 0 Å². The first-order valence-electron chi connectivity index (χ1n) is 6.70. The van der Waals surface area contributed by atoms with Gasteiger partial charge in [-0.2, -0.15) is 0 Å². The largest absolute Gasteiger partial charge is 0.380 e. The van der Waals surface area contributed by atoms with Crippen molar-refractivity contribution in [2.24, 2.45) is 0 Å². The molecule has 0 heterocycles. The minimum atomic E-state index is 0.870. The van der Waals surface area contributed by atoms with Crippen LogP contribution in [0.2, 0.25) is 0 Å². The number of ether oxygens (including phenoxy) is 1. The summed E-state index contributed by atoms with van der Waals surface area (Å²) in [6, 6.07) is 0. The molecule has 2 heteroatoms. The highest BCUT2D eigenvalue weighted by atomic mass is 16.5. The Labute approximate surface area is 95.8 Å². The van der Waals surface area contributed by atoms with E-state index in [1.54, 1.807) is 0 Å². The molecule has 0 aromatic carbocycles. The van der Waals surface area contributed by atoms with E-state index < -0.39 is 0 Å². The molecule has 1 N–H and O–H groups in total. The summed E-state index contributed by atoms with van der Waals surface area (Å²) >= 11 is 0. The van der Waals surface area contributed by atoms with Crippen molar-refractivity contribution in [2.75, 3.05) is 26.3 Å². The van der Waals surface area contributed by atoms with Gasteiger partial charge in [-0.1, -0.05) is 46.0 Å². The van der Waals surface area contributed by atoms with E-state index in [0.29, 0.717) is 0 Å². The standard InChI is InChI=1S/C13H29NO/c1-3-5-7-8-9-10-14-11-13-15-12-6-4-2/h14H,3-13H2,1-2H3. The van der Waals surface area contributed by atoms with Gasteiger partial charge in [0.1, 0.15) is 0 Å². The average Bonchev–Trinajstić information content (AvgIpc) is 2.26. The highest BCUT2D eigenvalue weighted by Crippen LogP contribution is 2.00. The Morgan fingerprint density at radius 1 is 0.733 bits per heavy atom. The highest BCUT2D eigenvalue weighted by Gasteiger charge is 1.90. The molecule has 0 saturated heterocycles. The van der Waals surface area contributed by atoms with Gasteiger partial charge in [0.25, 0.3) is 0 Å². The summed E-state index contributed by atoms with van der Waals surface area (Å²) in [7, 11) is 0. The third kappa shape index (κ3) is 13.9. The fraction of sp³-hybridized carbons (Fsp3) is 1.00. The number of hydrogen-bond donors (Lipinski definition) is 1. The van der Waals surface area contributed by atoms with E-state index in [4.69, 9.17) is 4.74 Å². The van der Waals surface area contributed by atoms with Crippen molar-refractivity contribution in [1.82, 2.24) is 5.32 Å². The van der Waals surface area contributed by atoms with Gasteiger partial charge >= 0.3 is 0 Å². The lowest BCUT2D eigenvalue weighted by Crippen LogP contribution is -2.21. The summed E-state index contributed by atoms with van der Waals surface area (Å²) < 4.78 is 5.46. The molecule has 0 rings (SSSR count). The first-order chi connectivity index (χ1) is 7.41. The van der Waals surface area contributed by atoms with Gasteiger partial charge in [-0.05, 0) is 19.4 Å². The van der Waals surface area contributed by atoms with Crippen molar-refractivity contribution in [3.8, 4) is 0 Å². The van der Waals surface area contributed by atoms with Crippen LogP contribution in [0.5, 0.6) is 0 Å². The Morgan fingerprint density at radius 2 is 1.47 bits per heavy atom. The normalized spacial score (nSPS) is 10.8. The molecule has 0 aliphatic carbocycles. The van der Waals surface area contributed by atoms with Crippen LogP contribution in [0.1, 0.15) is 58.8 Å². The third-order valence-corrected chi connectivity index (χ3v) is 2.52. The fourth-order valence-electron chi connectivity index (χ4n) is 1.47. The number of rotatable bonds is 12. The van der Waals surface area contributed by atoms with Crippen LogP contribution in [0.15, 0.2) is 0 Å². The summed E-state index contributed by atoms with van der Waals surface area (Å²) in [5.41, 5.74) is 0. The molecular formula is C13H29NO. The van der Waals surface area contributed by atoms with Crippen molar-refractivity contribution in [1.29, 1.82) is 0 Å². The Kier molecular flexibility index (Phi) is 13.8. The molecule has 0 fully saturated rings. The summed E-state index contributed by atoms with van der Waals surface area (Å²) in [5.74, 6) is 0. The van der Waals surface area contributed by atoms with Crippen molar-refractivity contribution >= 4 is 0 Å². The molecule has 0 radical (unpaired) electrons. The Hall–Kier alpha value is -0.0800. The molecule has 2 nitrogen and oxygen atoms in total. The van der Waals surface area contributed by atoms with Crippen molar-refractivity contribution < 1.29 is 4.74 Å². The molecule has 0 aliphatic heterocycles. The van der Waals surface area contributed by atoms with Crippen LogP contribution in [0.4, 0.5) is 0 Å². The van der Waals surface area contributed by atoms with Crippen LogP contribution >= 0.6 is 0 Å². The van der Waals surface area contributed by atoms with E-state index in [9.17, 15) is 0 Å². The molecule has 0 atom stereocenters.